The van der Waals surface area contributed by atoms with Gasteiger partial charge in [-0.1, -0.05) is 6.07 Å². The summed E-state index contributed by atoms with van der Waals surface area (Å²) in [5.74, 6) is -0.291. The minimum Gasteiger partial charge on any atom is -0.374 e. The Kier molecular flexibility index (Phi) is 3.39. The van der Waals surface area contributed by atoms with Crippen LogP contribution in [-0.4, -0.2) is 18.5 Å². The molecule has 16 heavy (non-hydrogen) atoms. The van der Waals surface area contributed by atoms with Gasteiger partial charge in [-0.15, -0.1) is 0 Å². The summed E-state index contributed by atoms with van der Waals surface area (Å²) >= 11 is 0. The van der Waals surface area contributed by atoms with Gasteiger partial charge in [0.25, 0.3) is 0 Å². The topological polar surface area (TPSA) is 41.1 Å². The maximum Gasteiger partial charge on any atom is 0.242 e. The summed E-state index contributed by atoms with van der Waals surface area (Å²) in [6, 6.07) is 5.94. The van der Waals surface area contributed by atoms with Crippen LogP contribution < -0.4 is 10.6 Å². The fraction of sp³-hybridized carbons (Fsp3) is 0.417. The van der Waals surface area contributed by atoms with Gasteiger partial charge in [-0.2, -0.15) is 0 Å². The van der Waals surface area contributed by atoms with Crippen molar-refractivity contribution in [2.45, 2.75) is 25.3 Å². The number of nitrogens with one attached hydrogen (secondary N) is 2. The summed E-state index contributed by atoms with van der Waals surface area (Å²) in [5.41, 5.74) is 0.655. The number of rotatable bonds is 2. The molecule has 3 nitrogen and oxygen atoms in total. The Balaban J connectivity index is 2.05. The number of halogens is 1. The number of carbonyl (C=O) groups excluding carboxylic acids is 1. The Morgan fingerprint density at radius 3 is 3.06 bits per heavy atom. The largest absolute Gasteiger partial charge is 0.374 e. The van der Waals surface area contributed by atoms with E-state index in [2.05, 4.69) is 10.6 Å². The summed E-state index contributed by atoms with van der Waals surface area (Å²) in [4.78, 5) is 11.6. The van der Waals surface area contributed by atoms with Crippen molar-refractivity contribution in [3.05, 3.63) is 30.1 Å². The minimum absolute atomic E-state index is 0.00163. The van der Waals surface area contributed by atoms with E-state index in [1.165, 1.54) is 12.1 Å². The van der Waals surface area contributed by atoms with Crippen LogP contribution in [0.15, 0.2) is 24.3 Å². The van der Waals surface area contributed by atoms with Crippen LogP contribution in [-0.2, 0) is 4.79 Å². The molecule has 1 saturated heterocycles. The van der Waals surface area contributed by atoms with Gasteiger partial charge >= 0.3 is 0 Å². The molecule has 0 radical (unpaired) electrons. The highest BCUT2D eigenvalue weighted by molar-refractivity contribution is 5.84. The highest BCUT2D eigenvalue weighted by atomic mass is 19.1. The molecule has 0 aliphatic carbocycles. The lowest BCUT2D eigenvalue weighted by atomic mass is 10.1. The second-order valence-corrected chi connectivity index (χ2v) is 3.99. The van der Waals surface area contributed by atoms with Crippen molar-refractivity contribution < 1.29 is 9.18 Å². The molecule has 0 bridgehead atoms. The average Bonchev–Trinajstić information content (AvgIpc) is 2.45. The predicted molar refractivity (Wildman–Crippen MR) is 60.7 cm³/mol. The van der Waals surface area contributed by atoms with Crippen LogP contribution in [0.25, 0.3) is 0 Å². The van der Waals surface area contributed by atoms with Crippen molar-refractivity contribution >= 4 is 11.6 Å². The fourth-order valence-corrected chi connectivity index (χ4v) is 1.86. The monoisotopic (exact) mass is 222 g/mol. The van der Waals surface area contributed by atoms with E-state index in [0.717, 1.165) is 25.8 Å². The molecule has 0 saturated carbocycles. The Morgan fingerprint density at radius 2 is 2.25 bits per heavy atom. The van der Waals surface area contributed by atoms with Crippen molar-refractivity contribution in [3.8, 4) is 0 Å². The van der Waals surface area contributed by atoms with Gasteiger partial charge in [0, 0.05) is 12.2 Å². The van der Waals surface area contributed by atoms with Crippen LogP contribution >= 0.6 is 0 Å². The molecule has 1 amide bonds. The van der Waals surface area contributed by atoms with Gasteiger partial charge in [0.2, 0.25) is 5.91 Å². The fourth-order valence-electron chi connectivity index (χ4n) is 1.86. The smallest absolute Gasteiger partial charge is 0.242 e. The van der Waals surface area contributed by atoms with Crippen molar-refractivity contribution in [2.24, 2.45) is 0 Å². The number of hydrogen-bond acceptors (Lipinski definition) is 2. The third-order valence-electron chi connectivity index (χ3n) is 2.70. The van der Waals surface area contributed by atoms with E-state index in [4.69, 9.17) is 0 Å². The maximum atomic E-state index is 13.0. The molecule has 2 rings (SSSR count). The zero-order valence-corrected chi connectivity index (χ0v) is 9.00. The lowest BCUT2D eigenvalue weighted by molar-refractivity contribution is -0.121. The zero-order chi connectivity index (χ0) is 11.4. The van der Waals surface area contributed by atoms with Gasteiger partial charge in [-0.25, -0.2) is 4.39 Å². The number of hydrogen-bond donors (Lipinski definition) is 2. The highest BCUT2D eigenvalue weighted by Crippen LogP contribution is 2.14. The van der Waals surface area contributed by atoms with E-state index >= 15 is 0 Å². The average molecular weight is 222 g/mol. The summed E-state index contributed by atoms with van der Waals surface area (Å²) in [5, 5.41) is 5.89. The lowest BCUT2D eigenvalue weighted by Gasteiger charge is -2.16. The van der Waals surface area contributed by atoms with E-state index in [9.17, 15) is 9.18 Å². The first-order valence-electron chi connectivity index (χ1n) is 5.55. The molecule has 1 heterocycles. The summed E-state index contributed by atoms with van der Waals surface area (Å²) in [6.45, 7) is 0.736. The van der Waals surface area contributed by atoms with E-state index in [0.29, 0.717) is 5.69 Å². The third kappa shape index (κ3) is 2.72. The summed E-state index contributed by atoms with van der Waals surface area (Å²) < 4.78 is 13.0. The van der Waals surface area contributed by atoms with Gasteiger partial charge in [-0.05, 0) is 37.5 Å². The molecule has 1 unspecified atom stereocenters. The van der Waals surface area contributed by atoms with Crippen molar-refractivity contribution in [1.82, 2.24) is 5.32 Å². The van der Waals surface area contributed by atoms with Gasteiger partial charge in [-0.3, -0.25) is 4.79 Å². The number of carbonyl (C=O) groups is 1. The first-order valence-corrected chi connectivity index (χ1v) is 5.55. The molecular weight excluding hydrogens is 207 g/mol. The van der Waals surface area contributed by atoms with Crippen LogP contribution in [0.4, 0.5) is 10.1 Å². The molecule has 2 N–H and O–H groups in total. The SMILES string of the molecule is O=C1NCCCCC1Nc1cccc(F)c1. The number of benzene rings is 1. The molecule has 86 valence electrons. The minimum atomic E-state index is -0.293. The van der Waals surface area contributed by atoms with Gasteiger partial charge in [0.05, 0.1) is 0 Å². The maximum absolute atomic E-state index is 13.0. The van der Waals surface area contributed by atoms with E-state index in [1.54, 1.807) is 12.1 Å². The second kappa shape index (κ2) is 4.96. The van der Waals surface area contributed by atoms with E-state index in [-0.39, 0.29) is 17.8 Å². The lowest BCUT2D eigenvalue weighted by Crippen LogP contribution is -2.37. The Labute approximate surface area is 94.0 Å². The van der Waals surface area contributed by atoms with Crippen molar-refractivity contribution in [1.29, 1.82) is 0 Å². The number of amides is 1. The van der Waals surface area contributed by atoms with Crippen LogP contribution in [0.2, 0.25) is 0 Å². The van der Waals surface area contributed by atoms with Crippen LogP contribution in [0, 0.1) is 5.82 Å². The molecule has 1 aliphatic rings. The van der Waals surface area contributed by atoms with Crippen LogP contribution in [0.5, 0.6) is 0 Å². The van der Waals surface area contributed by atoms with Gasteiger partial charge < -0.3 is 10.6 Å². The van der Waals surface area contributed by atoms with E-state index < -0.39 is 0 Å². The van der Waals surface area contributed by atoms with Crippen LogP contribution in [0.1, 0.15) is 19.3 Å². The Hall–Kier alpha value is -1.58. The Morgan fingerprint density at radius 1 is 1.38 bits per heavy atom. The molecule has 0 spiro atoms. The second-order valence-electron chi connectivity index (χ2n) is 3.99. The van der Waals surface area contributed by atoms with Crippen molar-refractivity contribution in [2.75, 3.05) is 11.9 Å². The number of anilines is 1. The normalized spacial score (nSPS) is 21.1. The van der Waals surface area contributed by atoms with Gasteiger partial charge in [0.1, 0.15) is 11.9 Å². The first kappa shape index (κ1) is 10.9. The standard InChI is InChI=1S/C12H15FN2O/c13-9-4-3-5-10(8-9)15-11-6-1-2-7-14-12(11)16/h3-5,8,11,15H,1-2,6-7H2,(H,14,16). The highest BCUT2D eigenvalue weighted by Gasteiger charge is 2.19. The summed E-state index contributed by atoms with van der Waals surface area (Å²) in [6.07, 6.45) is 2.81. The molecule has 1 fully saturated rings. The molecule has 0 aromatic heterocycles. The molecule has 4 heteroatoms. The Bertz CT molecular complexity index is 381. The van der Waals surface area contributed by atoms with Crippen molar-refractivity contribution in [3.63, 3.8) is 0 Å². The first-order chi connectivity index (χ1) is 7.75. The molecule has 1 aliphatic heterocycles. The van der Waals surface area contributed by atoms with E-state index in [1.807, 2.05) is 0 Å². The van der Waals surface area contributed by atoms with Crippen LogP contribution in [0.3, 0.4) is 0 Å². The third-order valence-corrected chi connectivity index (χ3v) is 2.70. The molecule has 1 atom stereocenters. The predicted octanol–water partition coefficient (Wildman–Crippen LogP) is 1.91. The quantitative estimate of drug-likeness (QED) is 0.802. The van der Waals surface area contributed by atoms with Gasteiger partial charge in [0.15, 0.2) is 0 Å². The molecule has 1 aromatic carbocycles. The summed E-state index contributed by atoms with van der Waals surface area (Å²) in [7, 11) is 0. The molecular formula is C12H15FN2O. The zero-order valence-electron chi connectivity index (χ0n) is 9.00. The molecule has 1 aromatic rings.